The number of carbonyl (C=O) groups is 1. The second-order valence-electron chi connectivity index (χ2n) is 4.63. The Bertz CT molecular complexity index is 404. The second kappa shape index (κ2) is 5.29. The van der Waals surface area contributed by atoms with Crippen LogP contribution in [0.3, 0.4) is 0 Å². The van der Waals surface area contributed by atoms with Gasteiger partial charge in [-0.3, -0.25) is 9.80 Å². The quantitative estimate of drug-likeness (QED) is 0.471. The van der Waals surface area contributed by atoms with E-state index in [4.69, 9.17) is 11.6 Å². The van der Waals surface area contributed by atoms with Gasteiger partial charge in [0.1, 0.15) is 0 Å². The lowest BCUT2D eigenvalue weighted by molar-refractivity contribution is -0.130. The Kier molecular flexibility index (Phi) is 4.26. The molecule has 0 spiro atoms. The maximum absolute atomic E-state index is 11.5. The molecule has 1 aromatic carbocycles. The van der Waals surface area contributed by atoms with Gasteiger partial charge < -0.3 is 5.73 Å². The van der Waals surface area contributed by atoms with Crippen LogP contribution < -0.4 is 11.6 Å². The van der Waals surface area contributed by atoms with Crippen molar-refractivity contribution in [1.29, 1.82) is 0 Å². The molecule has 0 aromatic heterocycles. The summed E-state index contributed by atoms with van der Waals surface area (Å²) in [7, 11) is 1.53. The third-order valence-corrected chi connectivity index (χ3v) is 2.90. The number of hydrogen-bond acceptors (Lipinski definition) is 3. The van der Waals surface area contributed by atoms with Crippen molar-refractivity contribution in [2.45, 2.75) is 33.2 Å². The monoisotopic (exact) mass is 235 g/mol. The number of nitrogens with two attached hydrogens (primary N) is 2. The molecule has 4 nitrogen and oxygen atoms in total. The number of nitrogens with zero attached hydrogens (tertiary/aromatic N) is 1. The highest BCUT2D eigenvalue weighted by atomic mass is 16.2. The molecule has 0 bridgehead atoms. The molecule has 1 atom stereocenters. The van der Waals surface area contributed by atoms with Crippen molar-refractivity contribution in [3.63, 3.8) is 0 Å². The molecule has 1 amide bonds. The Hall–Kier alpha value is -1.39. The lowest BCUT2D eigenvalue weighted by Crippen LogP contribution is -2.35. The summed E-state index contributed by atoms with van der Waals surface area (Å²) in [6, 6.07) is 3.87. The van der Waals surface area contributed by atoms with Gasteiger partial charge in [0.05, 0.1) is 0 Å². The smallest absolute Gasteiger partial charge is 0.238 e. The largest absolute Gasteiger partial charge is 0.324 e. The molecular formula is C13H21N3O. The predicted octanol–water partition coefficient (Wildman–Crippen LogP) is 1.33. The molecule has 0 saturated heterocycles. The Morgan fingerprint density at radius 1 is 1.29 bits per heavy atom. The summed E-state index contributed by atoms with van der Waals surface area (Å²) in [6.45, 7) is 6.09. The molecule has 0 fully saturated rings. The molecule has 4 heteroatoms. The summed E-state index contributed by atoms with van der Waals surface area (Å²) in [4.78, 5) is 11.5. The Morgan fingerprint density at radius 2 is 1.76 bits per heavy atom. The summed E-state index contributed by atoms with van der Waals surface area (Å²) in [5.41, 5.74) is 10.6. The molecule has 1 unspecified atom stereocenters. The van der Waals surface area contributed by atoms with E-state index in [2.05, 4.69) is 12.1 Å². The van der Waals surface area contributed by atoms with Crippen molar-refractivity contribution in [2.24, 2.45) is 11.6 Å². The summed E-state index contributed by atoms with van der Waals surface area (Å²) >= 11 is 0. The number of benzene rings is 1. The highest BCUT2D eigenvalue weighted by Gasteiger charge is 2.17. The third kappa shape index (κ3) is 3.28. The minimum atomic E-state index is -0.297. The van der Waals surface area contributed by atoms with Crippen molar-refractivity contribution in [1.82, 2.24) is 5.01 Å². The fourth-order valence-electron chi connectivity index (χ4n) is 2.21. The molecular weight excluding hydrogens is 214 g/mol. The maximum atomic E-state index is 11.5. The Labute approximate surface area is 103 Å². The van der Waals surface area contributed by atoms with Crippen molar-refractivity contribution in [2.75, 3.05) is 7.05 Å². The first-order valence-corrected chi connectivity index (χ1v) is 5.67. The summed E-state index contributed by atoms with van der Waals surface area (Å²) < 4.78 is 0. The molecule has 0 saturated carbocycles. The summed E-state index contributed by atoms with van der Waals surface area (Å²) in [6.07, 6.45) is 0.234. The molecule has 0 aliphatic heterocycles. The van der Waals surface area contributed by atoms with Crippen molar-refractivity contribution < 1.29 is 4.79 Å². The van der Waals surface area contributed by atoms with E-state index in [1.54, 1.807) is 0 Å². The van der Waals surface area contributed by atoms with E-state index in [-0.39, 0.29) is 18.4 Å². The number of carbonyl (C=O) groups excluding carboxylic acids is 1. The van der Waals surface area contributed by atoms with Gasteiger partial charge >= 0.3 is 0 Å². The van der Waals surface area contributed by atoms with Crippen LogP contribution in [-0.4, -0.2) is 18.0 Å². The summed E-state index contributed by atoms with van der Waals surface area (Å²) in [5.74, 6) is 5.24. The van der Waals surface area contributed by atoms with Gasteiger partial charge in [-0.2, -0.15) is 0 Å². The zero-order valence-corrected chi connectivity index (χ0v) is 10.9. The van der Waals surface area contributed by atoms with Gasteiger partial charge in [0, 0.05) is 19.5 Å². The highest BCUT2D eigenvalue weighted by Crippen LogP contribution is 2.24. The van der Waals surface area contributed by atoms with E-state index in [1.807, 2.05) is 20.8 Å². The van der Waals surface area contributed by atoms with Gasteiger partial charge in [-0.05, 0) is 37.5 Å². The minimum absolute atomic E-state index is 0.156. The molecule has 94 valence electrons. The molecule has 0 radical (unpaired) electrons. The SMILES string of the molecule is Cc1cc(C)c(C(N)CC(=O)N(C)N)c(C)c1. The van der Waals surface area contributed by atoms with E-state index >= 15 is 0 Å². The van der Waals surface area contributed by atoms with Gasteiger partial charge in [0.2, 0.25) is 5.91 Å². The highest BCUT2D eigenvalue weighted by molar-refractivity contribution is 5.76. The number of amides is 1. The minimum Gasteiger partial charge on any atom is -0.324 e. The van der Waals surface area contributed by atoms with Gasteiger partial charge in [0.25, 0.3) is 0 Å². The lowest BCUT2D eigenvalue weighted by Gasteiger charge is -2.19. The van der Waals surface area contributed by atoms with Crippen LogP contribution in [0.1, 0.15) is 34.7 Å². The van der Waals surface area contributed by atoms with E-state index in [1.165, 1.54) is 12.6 Å². The first-order chi connectivity index (χ1) is 7.82. The summed E-state index contributed by atoms with van der Waals surface area (Å²) in [5, 5.41) is 1.08. The molecule has 0 heterocycles. The van der Waals surface area contributed by atoms with Crippen LogP contribution in [0.5, 0.6) is 0 Å². The first kappa shape index (κ1) is 13.7. The zero-order valence-electron chi connectivity index (χ0n) is 10.9. The van der Waals surface area contributed by atoms with E-state index in [0.717, 1.165) is 21.7 Å². The number of aryl methyl sites for hydroxylation is 3. The first-order valence-electron chi connectivity index (χ1n) is 5.67. The lowest BCUT2D eigenvalue weighted by atomic mass is 9.93. The number of hydrazine groups is 1. The van der Waals surface area contributed by atoms with Gasteiger partial charge in [-0.25, -0.2) is 5.84 Å². The van der Waals surface area contributed by atoms with Crippen LogP contribution in [0, 0.1) is 20.8 Å². The standard InChI is InChI=1S/C13H21N3O/c1-8-5-9(2)13(10(3)6-8)11(14)7-12(17)16(4)15/h5-6,11H,7,14-15H2,1-4H3. The van der Waals surface area contributed by atoms with Gasteiger partial charge in [-0.1, -0.05) is 17.7 Å². The molecule has 0 aliphatic carbocycles. The molecule has 0 aliphatic rings. The zero-order chi connectivity index (χ0) is 13.2. The normalized spacial score (nSPS) is 12.4. The average Bonchev–Trinajstić information content (AvgIpc) is 2.15. The van der Waals surface area contributed by atoms with Crippen LogP contribution in [0.15, 0.2) is 12.1 Å². The van der Waals surface area contributed by atoms with Crippen LogP contribution in [0.25, 0.3) is 0 Å². The van der Waals surface area contributed by atoms with Crippen LogP contribution in [0.2, 0.25) is 0 Å². The average molecular weight is 235 g/mol. The molecule has 1 rings (SSSR count). The maximum Gasteiger partial charge on any atom is 0.238 e. The van der Waals surface area contributed by atoms with Crippen LogP contribution in [0.4, 0.5) is 0 Å². The molecule has 1 aromatic rings. The van der Waals surface area contributed by atoms with Crippen molar-refractivity contribution >= 4 is 5.91 Å². The fraction of sp³-hybridized carbons (Fsp3) is 0.462. The number of hydrogen-bond donors (Lipinski definition) is 2. The Balaban J connectivity index is 2.97. The number of rotatable bonds is 3. The predicted molar refractivity (Wildman–Crippen MR) is 69.2 cm³/mol. The van der Waals surface area contributed by atoms with Gasteiger partial charge in [0.15, 0.2) is 0 Å². The molecule has 4 N–H and O–H groups in total. The van der Waals surface area contributed by atoms with Crippen LogP contribution in [-0.2, 0) is 4.79 Å². The van der Waals surface area contributed by atoms with E-state index < -0.39 is 0 Å². The van der Waals surface area contributed by atoms with Gasteiger partial charge in [-0.15, -0.1) is 0 Å². The topological polar surface area (TPSA) is 72.4 Å². The third-order valence-electron chi connectivity index (χ3n) is 2.90. The molecule has 17 heavy (non-hydrogen) atoms. The fourth-order valence-corrected chi connectivity index (χ4v) is 2.21. The van der Waals surface area contributed by atoms with E-state index in [9.17, 15) is 4.79 Å². The Morgan fingerprint density at radius 3 is 2.18 bits per heavy atom. The van der Waals surface area contributed by atoms with E-state index in [0.29, 0.717) is 0 Å². The van der Waals surface area contributed by atoms with Crippen LogP contribution >= 0.6 is 0 Å². The van der Waals surface area contributed by atoms with Crippen molar-refractivity contribution in [3.05, 3.63) is 34.4 Å². The second-order valence-corrected chi connectivity index (χ2v) is 4.63. The van der Waals surface area contributed by atoms with Crippen molar-refractivity contribution in [3.8, 4) is 0 Å².